The molecule has 0 aliphatic rings. The molecule has 0 aromatic heterocycles. The maximum absolute atomic E-state index is 11.9. The molecule has 1 aromatic rings. The van der Waals surface area contributed by atoms with Crippen LogP contribution in [0.1, 0.15) is 23.7 Å². The Morgan fingerprint density at radius 3 is 2.43 bits per heavy atom. The fourth-order valence-electron chi connectivity index (χ4n) is 1.99. The highest BCUT2D eigenvalue weighted by Crippen LogP contribution is 2.24. The molecule has 6 heteroatoms. The Balaban J connectivity index is 3.03. The lowest BCUT2D eigenvalue weighted by atomic mass is 10.1. The summed E-state index contributed by atoms with van der Waals surface area (Å²) in [5.74, 6) is -0.169. The van der Waals surface area contributed by atoms with Crippen molar-refractivity contribution in [3.05, 3.63) is 23.8 Å². The zero-order valence-electron chi connectivity index (χ0n) is 13.1. The van der Waals surface area contributed by atoms with Crippen LogP contribution in [-0.4, -0.2) is 50.9 Å². The van der Waals surface area contributed by atoms with Crippen molar-refractivity contribution >= 4 is 23.2 Å². The molecule has 0 spiro atoms. The van der Waals surface area contributed by atoms with Crippen molar-refractivity contribution in [2.75, 3.05) is 44.9 Å². The largest absolute Gasteiger partial charge is 0.397 e. The number of amides is 2. The van der Waals surface area contributed by atoms with Crippen molar-refractivity contribution in [2.24, 2.45) is 0 Å². The van der Waals surface area contributed by atoms with E-state index in [-0.39, 0.29) is 18.4 Å². The van der Waals surface area contributed by atoms with Crippen LogP contribution in [0.15, 0.2) is 18.2 Å². The number of likely N-dealkylation sites (N-methyl/N-ethyl adjacent to an activating group) is 1. The number of nitrogens with zero attached hydrogens (tertiary/aromatic N) is 2. The highest BCUT2D eigenvalue weighted by molar-refractivity contribution is 5.96. The zero-order chi connectivity index (χ0) is 16.0. The van der Waals surface area contributed by atoms with E-state index in [2.05, 4.69) is 5.32 Å². The van der Waals surface area contributed by atoms with Crippen LogP contribution in [0.2, 0.25) is 0 Å². The van der Waals surface area contributed by atoms with E-state index in [0.29, 0.717) is 11.3 Å². The number of nitrogens with one attached hydrogen (secondary N) is 1. The zero-order valence-corrected chi connectivity index (χ0v) is 13.1. The molecule has 2 amide bonds. The molecule has 0 heterocycles. The first-order chi connectivity index (χ1) is 9.90. The van der Waals surface area contributed by atoms with Crippen LogP contribution in [0, 0.1) is 0 Å². The molecule has 3 N–H and O–H groups in total. The number of hydrogen-bond acceptors (Lipinski definition) is 4. The molecule has 116 valence electrons. The van der Waals surface area contributed by atoms with Gasteiger partial charge in [0.25, 0.3) is 5.91 Å². The van der Waals surface area contributed by atoms with Gasteiger partial charge in [-0.3, -0.25) is 9.59 Å². The second kappa shape index (κ2) is 7.52. The molecule has 0 bridgehead atoms. The lowest BCUT2D eigenvalue weighted by Crippen LogP contribution is -2.37. The molecule has 0 atom stereocenters. The van der Waals surface area contributed by atoms with Crippen LogP contribution in [-0.2, 0) is 4.79 Å². The van der Waals surface area contributed by atoms with Crippen molar-refractivity contribution in [3.63, 3.8) is 0 Å². The van der Waals surface area contributed by atoms with Crippen LogP contribution in [0.25, 0.3) is 0 Å². The number of nitrogen functional groups attached to an aromatic ring is 1. The second-order valence-corrected chi connectivity index (χ2v) is 5.06. The van der Waals surface area contributed by atoms with E-state index in [9.17, 15) is 9.59 Å². The van der Waals surface area contributed by atoms with Crippen molar-refractivity contribution in [1.82, 2.24) is 10.2 Å². The monoisotopic (exact) mass is 292 g/mol. The molecular weight excluding hydrogens is 268 g/mol. The van der Waals surface area contributed by atoms with Gasteiger partial charge in [0.2, 0.25) is 5.91 Å². The van der Waals surface area contributed by atoms with E-state index in [1.165, 1.54) is 0 Å². The minimum absolute atomic E-state index is 0.0122. The first-order valence-electron chi connectivity index (χ1n) is 6.97. The molecule has 1 aromatic carbocycles. The van der Waals surface area contributed by atoms with Crippen molar-refractivity contribution in [2.45, 2.75) is 13.3 Å². The predicted octanol–water partition coefficient (Wildman–Crippen LogP) is 0.933. The Labute approximate surface area is 125 Å². The van der Waals surface area contributed by atoms with E-state index in [4.69, 9.17) is 5.73 Å². The van der Waals surface area contributed by atoms with Gasteiger partial charge in [-0.15, -0.1) is 0 Å². The SMILES string of the molecule is CCCN(CC(=O)N(C)C)c1ccc(C(=O)NC)cc1N. The Morgan fingerprint density at radius 1 is 1.29 bits per heavy atom. The average Bonchev–Trinajstić information content (AvgIpc) is 2.45. The van der Waals surface area contributed by atoms with Crippen LogP contribution in [0.4, 0.5) is 11.4 Å². The van der Waals surface area contributed by atoms with Gasteiger partial charge in [-0.2, -0.15) is 0 Å². The molecule has 0 radical (unpaired) electrons. The molecule has 0 fully saturated rings. The molecule has 0 aliphatic heterocycles. The average molecular weight is 292 g/mol. The van der Waals surface area contributed by atoms with Gasteiger partial charge in [0.1, 0.15) is 0 Å². The standard InChI is InChI=1S/C15H24N4O2/c1-5-8-19(10-14(20)18(3)4)13-7-6-11(9-12(13)16)15(21)17-2/h6-7,9H,5,8,10,16H2,1-4H3,(H,17,21). The maximum atomic E-state index is 11.9. The smallest absolute Gasteiger partial charge is 0.251 e. The lowest BCUT2D eigenvalue weighted by Gasteiger charge is -2.26. The quantitative estimate of drug-likeness (QED) is 0.765. The van der Waals surface area contributed by atoms with Crippen molar-refractivity contribution in [1.29, 1.82) is 0 Å². The Bertz CT molecular complexity index is 514. The summed E-state index contributed by atoms with van der Waals surface area (Å²) in [5.41, 5.74) is 7.83. The Hall–Kier alpha value is -2.24. The van der Waals surface area contributed by atoms with Gasteiger partial charge < -0.3 is 20.9 Å². The number of anilines is 2. The summed E-state index contributed by atoms with van der Waals surface area (Å²) in [5, 5.41) is 2.56. The van der Waals surface area contributed by atoms with Crippen molar-refractivity contribution < 1.29 is 9.59 Å². The van der Waals surface area contributed by atoms with Crippen LogP contribution < -0.4 is 16.0 Å². The third-order valence-corrected chi connectivity index (χ3v) is 3.18. The highest BCUT2D eigenvalue weighted by atomic mass is 16.2. The minimum Gasteiger partial charge on any atom is -0.397 e. The van der Waals surface area contributed by atoms with Gasteiger partial charge in [-0.25, -0.2) is 0 Å². The fourth-order valence-corrected chi connectivity index (χ4v) is 1.99. The normalized spacial score (nSPS) is 10.1. The van der Waals surface area contributed by atoms with Crippen LogP contribution in [0.5, 0.6) is 0 Å². The number of carbonyl (C=O) groups excluding carboxylic acids is 2. The topological polar surface area (TPSA) is 78.7 Å². The van der Waals surface area contributed by atoms with Gasteiger partial charge in [-0.05, 0) is 24.6 Å². The van der Waals surface area contributed by atoms with Gasteiger partial charge >= 0.3 is 0 Å². The summed E-state index contributed by atoms with van der Waals surface area (Å²) >= 11 is 0. The van der Waals surface area contributed by atoms with E-state index in [1.54, 1.807) is 44.2 Å². The molecule has 6 nitrogen and oxygen atoms in total. The third-order valence-electron chi connectivity index (χ3n) is 3.18. The van der Waals surface area contributed by atoms with Gasteiger partial charge in [0.05, 0.1) is 17.9 Å². The van der Waals surface area contributed by atoms with E-state index >= 15 is 0 Å². The summed E-state index contributed by atoms with van der Waals surface area (Å²) in [6, 6.07) is 5.14. The minimum atomic E-state index is -0.181. The molecule has 0 saturated carbocycles. The second-order valence-electron chi connectivity index (χ2n) is 5.06. The predicted molar refractivity (Wildman–Crippen MR) is 85.4 cm³/mol. The first-order valence-corrected chi connectivity index (χ1v) is 6.97. The number of hydrogen-bond donors (Lipinski definition) is 2. The Kier molecular flexibility index (Phi) is 6.02. The summed E-state index contributed by atoms with van der Waals surface area (Å²) in [6.45, 7) is 3.04. The maximum Gasteiger partial charge on any atom is 0.251 e. The van der Waals surface area contributed by atoms with E-state index in [0.717, 1.165) is 18.7 Å². The number of nitrogens with two attached hydrogens (primary N) is 1. The number of rotatable bonds is 6. The Morgan fingerprint density at radius 2 is 1.95 bits per heavy atom. The summed E-state index contributed by atoms with van der Waals surface area (Å²) in [7, 11) is 5.03. The molecule has 1 rings (SSSR count). The van der Waals surface area contributed by atoms with Crippen molar-refractivity contribution in [3.8, 4) is 0 Å². The summed E-state index contributed by atoms with van der Waals surface area (Å²) in [6.07, 6.45) is 0.900. The van der Waals surface area contributed by atoms with E-state index in [1.807, 2.05) is 11.8 Å². The third kappa shape index (κ3) is 4.37. The highest BCUT2D eigenvalue weighted by Gasteiger charge is 2.16. The van der Waals surface area contributed by atoms with Crippen LogP contribution >= 0.6 is 0 Å². The van der Waals surface area contributed by atoms with E-state index < -0.39 is 0 Å². The van der Waals surface area contributed by atoms with Crippen LogP contribution in [0.3, 0.4) is 0 Å². The molecule has 21 heavy (non-hydrogen) atoms. The lowest BCUT2D eigenvalue weighted by molar-refractivity contribution is -0.127. The number of benzene rings is 1. The van der Waals surface area contributed by atoms with Gasteiger partial charge in [-0.1, -0.05) is 6.92 Å². The van der Waals surface area contributed by atoms with Gasteiger partial charge in [0.15, 0.2) is 0 Å². The molecule has 0 aliphatic carbocycles. The summed E-state index contributed by atoms with van der Waals surface area (Å²) < 4.78 is 0. The molecular formula is C15H24N4O2. The molecule has 0 unspecified atom stereocenters. The van der Waals surface area contributed by atoms with Gasteiger partial charge in [0, 0.05) is 33.3 Å². The first kappa shape index (κ1) is 16.8. The fraction of sp³-hybridized carbons (Fsp3) is 0.467. The summed E-state index contributed by atoms with van der Waals surface area (Å²) in [4.78, 5) is 27.0. The molecule has 0 saturated heterocycles. The number of carbonyl (C=O) groups is 2.